The lowest BCUT2D eigenvalue weighted by Gasteiger charge is -2.10. The number of hydrogen-bond donors (Lipinski definition) is 1. The number of aryl methyl sites for hydroxylation is 4. The molecule has 1 aliphatic rings. The van der Waals surface area contributed by atoms with E-state index in [9.17, 15) is 9.59 Å². The van der Waals surface area contributed by atoms with E-state index in [1.165, 1.54) is 15.8 Å². The largest absolute Gasteiger partial charge is 0.289 e. The Hall–Kier alpha value is -2.81. The monoisotopic (exact) mass is 384 g/mol. The number of fused-ring (bicyclic) bond motifs is 3. The van der Waals surface area contributed by atoms with Crippen molar-refractivity contribution in [2.24, 2.45) is 12.1 Å². The van der Waals surface area contributed by atoms with Gasteiger partial charge in [-0.05, 0) is 38.2 Å². The Bertz CT molecular complexity index is 1110. The molecule has 8 nitrogen and oxygen atoms in total. The first-order valence-corrected chi connectivity index (χ1v) is 9.66. The van der Waals surface area contributed by atoms with Crippen molar-refractivity contribution in [1.29, 1.82) is 0 Å². The molecule has 4 rings (SSSR count). The van der Waals surface area contributed by atoms with Crippen molar-refractivity contribution >= 4 is 33.7 Å². The van der Waals surface area contributed by atoms with Crippen LogP contribution < -0.4 is 11.0 Å². The second-order valence-electron chi connectivity index (χ2n) is 6.71. The molecule has 3 heterocycles. The number of nitrogens with one attached hydrogen (secondary N) is 1. The number of hydrazone groups is 1. The Morgan fingerprint density at radius 3 is 3.00 bits per heavy atom. The van der Waals surface area contributed by atoms with Crippen LogP contribution in [0.25, 0.3) is 10.2 Å². The second-order valence-corrected chi connectivity index (χ2v) is 7.79. The van der Waals surface area contributed by atoms with E-state index in [-0.39, 0.29) is 18.0 Å². The van der Waals surface area contributed by atoms with Crippen LogP contribution in [-0.4, -0.2) is 31.5 Å². The van der Waals surface area contributed by atoms with Gasteiger partial charge in [-0.25, -0.2) is 10.4 Å². The third-order valence-corrected chi connectivity index (χ3v) is 5.90. The summed E-state index contributed by atoms with van der Waals surface area (Å²) < 4.78 is 3.03. The minimum absolute atomic E-state index is 0.115. The fourth-order valence-electron chi connectivity index (χ4n) is 3.40. The van der Waals surface area contributed by atoms with Crippen LogP contribution in [-0.2, 0) is 31.2 Å². The lowest BCUT2D eigenvalue weighted by Crippen LogP contribution is -2.30. The van der Waals surface area contributed by atoms with Crippen LogP contribution in [0.5, 0.6) is 0 Å². The van der Waals surface area contributed by atoms with E-state index in [2.05, 4.69) is 20.6 Å². The molecule has 0 aliphatic heterocycles. The van der Waals surface area contributed by atoms with E-state index in [0.717, 1.165) is 47.3 Å². The SMILES string of the molecule is Cc1nn(C)cc1C=NNC(=O)Cn1cnc2sc3c(c2c1=O)CCCC3. The summed E-state index contributed by atoms with van der Waals surface area (Å²) in [5.41, 5.74) is 5.07. The number of carbonyl (C=O) groups is 1. The maximum atomic E-state index is 12.8. The number of thiophene rings is 1. The lowest BCUT2D eigenvalue weighted by molar-refractivity contribution is -0.121. The number of rotatable bonds is 4. The van der Waals surface area contributed by atoms with E-state index >= 15 is 0 Å². The molecule has 0 saturated heterocycles. The van der Waals surface area contributed by atoms with Crippen molar-refractivity contribution in [3.8, 4) is 0 Å². The Morgan fingerprint density at radius 2 is 2.22 bits per heavy atom. The predicted molar refractivity (Wildman–Crippen MR) is 104 cm³/mol. The lowest BCUT2D eigenvalue weighted by atomic mass is 9.97. The summed E-state index contributed by atoms with van der Waals surface area (Å²) in [5.74, 6) is -0.375. The molecule has 0 bridgehead atoms. The van der Waals surface area contributed by atoms with Crippen molar-refractivity contribution in [3.05, 3.63) is 44.6 Å². The van der Waals surface area contributed by atoms with Gasteiger partial charge in [0, 0.05) is 23.7 Å². The first-order valence-electron chi connectivity index (χ1n) is 8.85. The van der Waals surface area contributed by atoms with Gasteiger partial charge in [0.1, 0.15) is 11.4 Å². The van der Waals surface area contributed by atoms with Crippen LogP contribution in [0.3, 0.4) is 0 Å². The van der Waals surface area contributed by atoms with E-state index in [4.69, 9.17) is 0 Å². The van der Waals surface area contributed by atoms with Gasteiger partial charge < -0.3 is 0 Å². The van der Waals surface area contributed by atoms with Gasteiger partial charge in [-0.15, -0.1) is 11.3 Å². The number of carbonyl (C=O) groups excluding carboxylic acids is 1. The second kappa shape index (κ2) is 7.07. The smallest absolute Gasteiger partial charge is 0.262 e. The average Bonchev–Trinajstić information content (AvgIpc) is 3.17. The highest BCUT2D eigenvalue weighted by Crippen LogP contribution is 2.33. The van der Waals surface area contributed by atoms with Crippen LogP contribution in [0.1, 0.15) is 34.5 Å². The molecule has 0 spiro atoms. The van der Waals surface area contributed by atoms with Crippen molar-refractivity contribution in [2.75, 3.05) is 0 Å². The highest BCUT2D eigenvalue weighted by Gasteiger charge is 2.20. The summed E-state index contributed by atoms with van der Waals surface area (Å²) in [6, 6.07) is 0. The number of amides is 1. The van der Waals surface area contributed by atoms with Crippen LogP contribution in [0.2, 0.25) is 0 Å². The fraction of sp³-hybridized carbons (Fsp3) is 0.389. The van der Waals surface area contributed by atoms with Gasteiger partial charge in [0.25, 0.3) is 11.5 Å². The molecular formula is C18H20N6O2S. The molecule has 0 fully saturated rings. The van der Waals surface area contributed by atoms with Gasteiger partial charge in [-0.3, -0.25) is 18.8 Å². The molecule has 0 unspecified atom stereocenters. The third kappa shape index (κ3) is 3.42. The standard InChI is InChI=1S/C18H20N6O2S/c1-11-12(8-23(2)22-11)7-20-21-15(25)9-24-10-19-17-16(18(24)26)13-5-3-4-6-14(13)27-17/h7-8,10H,3-6,9H2,1-2H3,(H,21,25). The van der Waals surface area contributed by atoms with Crippen LogP contribution in [0.15, 0.2) is 22.4 Å². The fourth-order valence-corrected chi connectivity index (χ4v) is 4.62. The molecule has 0 aromatic carbocycles. The van der Waals surface area contributed by atoms with E-state index < -0.39 is 0 Å². The van der Waals surface area contributed by atoms with Gasteiger partial charge in [-0.1, -0.05) is 0 Å². The predicted octanol–water partition coefficient (Wildman–Crippen LogP) is 1.53. The molecule has 1 aliphatic carbocycles. The zero-order valence-corrected chi connectivity index (χ0v) is 16.0. The molecule has 3 aromatic rings. The van der Waals surface area contributed by atoms with Gasteiger partial charge in [0.15, 0.2) is 0 Å². The quantitative estimate of drug-likeness (QED) is 0.545. The first kappa shape index (κ1) is 17.6. The Morgan fingerprint density at radius 1 is 1.41 bits per heavy atom. The Balaban J connectivity index is 1.51. The third-order valence-electron chi connectivity index (χ3n) is 4.70. The Labute approximate surface area is 159 Å². The summed E-state index contributed by atoms with van der Waals surface area (Å²) in [4.78, 5) is 31.4. The summed E-state index contributed by atoms with van der Waals surface area (Å²) >= 11 is 1.60. The van der Waals surface area contributed by atoms with Gasteiger partial charge in [0.2, 0.25) is 0 Å². The summed E-state index contributed by atoms with van der Waals surface area (Å²) in [5, 5.41) is 8.84. The van der Waals surface area contributed by atoms with Crippen molar-refractivity contribution in [2.45, 2.75) is 39.2 Å². The minimum Gasteiger partial charge on any atom is -0.289 e. The van der Waals surface area contributed by atoms with Gasteiger partial charge >= 0.3 is 0 Å². The maximum Gasteiger partial charge on any atom is 0.262 e. The molecule has 1 amide bonds. The highest BCUT2D eigenvalue weighted by molar-refractivity contribution is 7.18. The molecule has 1 N–H and O–H groups in total. The van der Waals surface area contributed by atoms with Crippen molar-refractivity contribution in [3.63, 3.8) is 0 Å². The summed E-state index contributed by atoms with van der Waals surface area (Å²) in [6.07, 6.45) is 8.98. The highest BCUT2D eigenvalue weighted by atomic mass is 32.1. The van der Waals surface area contributed by atoms with Gasteiger partial charge in [0.05, 0.1) is 23.6 Å². The number of aromatic nitrogens is 4. The van der Waals surface area contributed by atoms with E-state index in [1.807, 2.05) is 20.2 Å². The average molecular weight is 384 g/mol. The normalized spacial score (nSPS) is 14.0. The van der Waals surface area contributed by atoms with E-state index in [1.54, 1.807) is 22.2 Å². The van der Waals surface area contributed by atoms with Crippen molar-refractivity contribution < 1.29 is 4.79 Å². The topological polar surface area (TPSA) is 94.2 Å². The maximum absolute atomic E-state index is 12.8. The van der Waals surface area contributed by atoms with Crippen molar-refractivity contribution in [1.82, 2.24) is 24.8 Å². The first-order chi connectivity index (χ1) is 13.0. The molecule has 3 aromatic heterocycles. The molecule has 27 heavy (non-hydrogen) atoms. The zero-order chi connectivity index (χ0) is 19.0. The minimum atomic E-state index is -0.375. The number of hydrogen-bond acceptors (Lipinski definition) is 6. The molecule has 9 heteroatoms. The Kier molecular flexibility index (Phi) is 4.61. The van der Waals surface area contributed by atoms with E-state index in [0.29, 0.717) is 5.39 Å². The van der Waals surface area contributed by atoms with Crippen LogP contribution in [0, 0.1) is 6.92 Å². The van der Waals surface area contributed by atoms with Crippen LogP contribution >= 0.6 is 11.3 Å². The molecule has 0 atom stereocenters. The van der Waals surface area contributed by atoms with Crippen LogP contribution in [0.4, 0.5) is 0 Å². The number of nitrogens with zero attached hydrogens (tertiary/aromatic N) is 5. The summed E-state index contributed by atoms with van der Waals surface area (Å²) in [7, 11) is 1.82. The molecular weight excluding hydrogens is 364 g/mol. The molecule has 0 saturated carbocycles. The zero-order valence-electron chi connectivity index (χ0n) is 15.2. The molecule has 0 radical (unpaired) electrons. The molecule has 140 valence electrons. The summed E-state index contributed by atoms with van der Waals surface area (Å²) in [6.45, 7) is 1.75. The van der Waals surface area contributed by atoms with Gasteiger partial charge in [-0.2, -0.15) is 10.2 Å².